The van der Waals surface area contributed by atoms with Crippen LogP contribution in [0.5, 0.6) is 5.75 Å². The van der Waals surface area contributed by atoms with Crippen molar-refractivity contribution in [3.8, 4) is 5.75 Å². The van der Waals surface area contributed by atoms with Crippen molar-refractivity contribution in [1.29, 1.82) is 0 Å². The minimum absolute atomic E-state index is 0.114. The van der Waals surface area contributed by atoms with Gasteiger partial charge >= 0.3 is 0 Å². The summed E-state index contributed by atoms with van der Waals surface area (Å²) in [7, 11) is 2.97. The predicted octanol–water partition coefficient (Wildman–Crippen LogP) is 3.26. The number of anilines is 2. The van der Waals surface area contributed by atoms with Gasteiger partial charge in [-0.05, 0) is 37.1 Å². The molecule has 0 spiro atoms. The lowest BCUT2D eigenvalue weighted by atomic mass is 10.1. The van der Waals surface area contributed by atoms with Crippen LogP contribution in [0, 0.1) is 13.8 Å². The summed E-state index contributed by atoms with van der Waals surface area (Å²) in [4.78, 5) is 26.3. The van der Waals surface area contributed by atoms with E-state index in [1.54, 1.807) is 0 Å². The standard InChI is InChI=1S/C19H22ClN3O3/c1-11-6-5-7-16(12(11)2)22-18(24)10-23(3)19(25)13-8-14(20)15(21)9-17(13)26-4/h5-9H,10,21H2,1-4H3,(H,22,24). The summed E-state index contributed by atoms with van der Waals surface area (Å²) in [5, 5.41) is 3.08. The average molecular weight is 376 g/mol. The second-order valence-corrected chi connectivity index (χ2v) is 6.44. The number of benzene rings is 2. The van der Waals surface area contributed by atoms with Crippen molar-refractivity contribution in [1.82, 2.24) is 4.90 Å². The van der Waals surface area contributed by atoms with Gasteiger partial charge in [-0.15, -0.1) is 0 Å². The van der Waals surface area contributed by atoms with Gasteiger partial charge in [0.1, 0.15) is 5.75 Å². The summed E-state index contributed by atoms with van der Waals surface area (Å²) in [5.74, 6) is -0.381. The molecule has 0 saturated heterocycles. The van der Waals surface area contributed by atoms with Crippen LogP contribution >= 0.6 is 11.6 Å². The van der Waals surface area contributed by atoms with Crippen molar-refractivity contribution in [2.45, 2.75) is 13.8 Å². The van der Waals surface area contributed by atoms with Crippen LogP contribution in [0.15, 0.2) is 30.3 Å². The molecular weight excluding hydrogens is 354 g/mol. The average Bonchev–Trinajstić information content (AvgIpc) is 2.60. The number of nitrogens with one attached hydrogen (secondary N) is 1. The lowest BCUT2D eigenvalue weighted by Gasteiger charge is -2.19. The van der Waals surface area contributed by atoms with Gasteiger partial charge in [-0.3, -0.25) is 9.59 Å². The summed E-state index contributed by atoms with van der Waals surface area (Å²) in [6.07, 6.45) is 0. The molecule has 0 unspecified atom stereocenters. The van der Waals surface area contributed by atoms with Gasteiger partial charge in [0, 0.05) is 18.8 Å². The number of methoxy groups -OCH3 is 1. The number of nitrogens with zero attached hydrogens (tertiary/aromatic N) is 1. The third-order valence-corrected chi connectivity index (χ3v) is 4.48. The molecule has 0 bridgehead atoms. The van der Waals surface area contributed by atoms with E-state index in [4.69, 9.17) is 22.1 Å². The Balaban J connectivity index is 2.13. The lowest BCUT2D eigenvalue weighted by Crippen LogP contribution is -2.35. The Kier molecular flexibility index (Phi) is 6.10. The fourth-order valence-electron chi connectivity index (χ4n) is 2.47. The molecule has 6 nitrogen and oxygen atoms in total. The number of ether oxygens (including phenoxy) is 1. The number of halogens is 1. The highest BCUT2D eigenvalue weighted by molar-refractivity contribution is 6.33. The van der Waals surface area contributed by atoms with Gasteiger partial charge in [0.25, 0.3) is 5.91 Å². The molecule has 2 rings (SSSR count). The number of hydrogen-bond acceptors (Lipinski definition) is 4. The number of carbonyl (C=O) groups excluding carboxylic acids is 2. The van der Waals surface area contributed by atoms with Crippen LogP contribution in [-0.4, -0.2) is 37.4 Å². The Morgan fingerprint density at radius 1 is 1.27 bits per heavy atom. The Labute approximate surface area is 157 Å². The van der Waals surface area contributed by atoms with Crippen LogP contribution in [0.3, 0.4) is 0 Å². The van der Waals surface area contributed by atoms with Crippen LogP contribution in [0.4, 0.5) is 11.4 Å². The molecule has 138 valence electrons. The van der Waals surface area contributed by atoms with E-state index in [1.807, 2.05) is 32.0 Å². The summed E-state index contributed by atoms with van der Waals surface area (Å²) in [5.41, 5.74) is 9.08. The summed E-state index contributed by atoms with van der Waals surface area (Å²) in [6, 6.07) is 8.59. The van der Waals surface area contributed by atoms with E-state index >= 15 is 0 Å². The van der Waals surface area contributed by atoms with E-state index < -0.39 is 0 Å². The van der Waals surface area contributed by atoms with Crippen LogP contribution in [0.2, 0.25) is 5.02 Å². The molecule has 0 aromatic heterocycles. The highest BCUT2D eigenvalue weighted by atomic mass is 35.5. The van der Waals surface area contributed by atoms with Crippen molar-refractivity contribution in [3.63, 3.8) is 0 Å². The summed E-state index contributed by atoms with van der Waals surface area (Å²) in [6.45, 7) is 3.79. The van der Waals surface area contributed by atoms with E-state index in [9.17, 15) is 9.59 Å². The molecule has 0 aliphatic rings. The molecule has 26 heavy (non-hydrogen) atoms. The normalized spacial score (nSPS) is 10.3. The van der Waals surface area contributed by atoms with Crippen LogP contribution in [0.1, 0.15) is 21.5 Å². The van der Waals surface area contributed by atoms with Gasteiger partial charge in [0.15, 0.2) is 0 Å². The molecule has 2 amide bonds. The number of likely N-dealkylation sites (N-methyl/N-ethyl adjacent to an activating group) is 1. The quantitative estimate of drug-likeness (QED) is 0.785. The van der Waals surface area contributed by atoms with Gasteiger partial charge in [0.05, 0.1) is 29.9 Å². The first-order valence-electron chi connectivity index (χ1n) is 7.99. The van der Waals surface area contributed by atoms with Gasteiger partial charge in [-0.25, -0.2) is 0 Å². The van der Waals surface area contributed by atoms with Crippen molar-refractivity contribution in [2.24, 2.45) is 0 Å². The molecule has 2 aromatic carbocycles. The van der Waals surface area contributed by atoms with Crippen LogP contribution in [-0.2, 0) is 4.79 Å². The molecular formula is C19H22ClN3O3. The Morgan fingerprint density at radius 2 is 1.96 bits per heavy atom. The van der Waals surface area contributed by atoms with Crippen molar-refractivity contribution in [3.05, 3.63) is 52.0 Å². The molecule has 0 saturated carbocycles. The highest BCUT2D eigenvalue weighted by Gasteiger charge is 2.20. The summed E-state index contributed by atoms with van der Waals surface area (Å²) >= 11 is 6.01. The predicted molar refractivity (Wildman–Crippen MR) is 104 cm³/mol. The molecule has 0 fully saturated rings. The number of carbonyl (C=O) groups is 2. The third-order valence-electron chi connectivity index (χ3n) is 4.16. The second-order valence-electron chi connectivity index (χ2n) is 6.03. The monoisotopic (exact) mass is 375 g/mol. The fraction of sp³-hybridized carbons (Fsp3) is 0.263. The van der Waals surface area contributed by atoms with E-state index in [-0.39, 0.29) is 28.9 Å². The molecule has 0 radical (unpaired) electrons. The van der Waals surface area contributed by atoms with E-state index in [0.717, 1.165) is 16.8 Å². The number of nitrogens with two attached hydrogens (primary N) is 1. The van der Waals surface area contributed by atoms with Gasteiger partial charge < -0.3 is 20.7 Å². The minimum atomic E-state index is -0.389. The topological polar surface area (TPSA) is 84.7 Å². The first-order valence-corrected chi connectivity index (χ1v) is 8.37. The minimum Gasteiger partial charge on any atom is -0.496 e. The van der Waals surface area contributed by atoms with Gasteiger partial charge in [-0.1, -0.05) is 23.7 Å². The zero-order valence-electron chi connectivity index (χ0n) is 15.2. The first kappa shape index (κ1) is 19.6. The number of nitrogen functional groups attached to an aromatic ring is 1. The third kappa shape index (κ3) is 4.26. The number of aryl methyl sites for hydroxylation is 1. The van der Waals surface area contributed by atoms with Crippen molar-refractivity contribution >= 4 is 34.8 Å². The van der Waals surface area contributed by atoms with Crippen molar-refractivity contribution < 1.29 is 14.3 Å². The van der Waals surface area contributed by atoms with E-state index in [2.05, 4.69) is 5.32 Å². The molecule has 0 atom stereocenters. The largest absolute Gasteiger partial charge is 0.496 e. The molecule has 7 heteroatoms. The molecule has 3 N–H and O–H groups in total. The van der Waals surface area contributed by atoms with Gasteiger partial charge in [0.2, 0.25) is 5.91 Å². The molecule has 0 heterocycles. The number of hydrogen-bond donors (Lipinski definition) is 2. The first-order chi connectivity index (χ1) is 12.2. The Bertz CT molecular complexity index is 852. The molecule has 0 aliphatic carbocycles. The Hall–Kier alpha value is -2.73. The number of amides is 2. The molecule has 2 aromatic rings. The SMILES string of the molecule is COc1cc(N)c(Cl)cc1C(=O)N(C)CC(=O)Nc1cccc(C)c1C. The highest BCUT2D eigenvalue weighted by Crippen LogP contribution is 2.29. The smallest absolute Gasteiger partial charge is 0.257 e. The van der Waals surface area contributed by atoms with Crippen LogP contribution < -0.4 is 15.8 Å². The van der Waals surface area contributed by atoms with Gasteiger partial charge in [-0.2, -0.15) is 0 Å². The second kappa shape index (κ2) is 8.10. The van der Waals surface area contributed by atoms with Crippen LogP contribution in [0.25, 0.3) is 0 Å². The number of rotatable bonds is 5. The maximum absolute atomic E-state index is 12.7. The zero-order valence-corrected chi connectivity index (χ0v) is 16.0. The molecule has 0 aliphatic heterocycles. The maximum Gasteiger partial charge on any atom is 0.257 e. The fourth-order valence-corrected chi connectivity index (χ4v) is 2.64. The van der Waals surface area contributed by atoms with E-state index in [1.165, 1.54) is 31.2 Å². The lowest BCUT2D eigenvalue weighted by molar-refractivity contribution is -0.116. The van der Waals surface area contributed by atoms with Crippen molar-refractivity contribution in [2.75, 3.05) is 31.8 Å². The maximum atomic E-state index is 12.7. The van der Waals surface area contributed by atoms with E-state index in [0.29, 0.717) is 11.4 Å². The summed E-state index contributed by atoms with van der Waals surface area (Å²) < 4.78 is 5.20. The Morgan fingerprint density at radius 3 is 2.62 bits per heavy atom. The zero-order chi connectivity index (χ0) is 19.4.